The minimum absolute atomic E-state index is 0.121. The predicted molar refractivity (Wildman–Crippen MR) is 97.6 cm³/mol. The molecule has 2 atom stereocenters. The summed E-state index contributed by atoms with van der Waals surface area (Å²) in [6.07, 6.45) is 6.40. The fourth-order valence-corrected chi connectivity index (χ4v) is 3.31. The van der Waals surface area contributed by atoms with Crippen LogP contribution in [0.5, 0.6) is 0 Å². The van der Waals surface area contributed by atoms with Gasteiger partial charge in [0.15, 0.2) is 0 Å². The predicted octanol–water partition coefficient (Wildman–Crippen LogP) is 4.47. The van der Waals surface area contributed by atoms with Crippen LogP contribution >= 0.6 is 0 Å². The number of unbranched alkanes of at least 4 members (excludes halogenated alkanes) is 3. The molecule has 0 saturated carbocycles. The van der Waals surface area contributed by atoms with Gasteiger partial charge in [-0.05, 0) is 47.5 Å². The van der Waals surface area contributed by atoms with Crippen molar-refractivity contribution in [3.8, 4) is 0 Å². The summed E-state index contributed by atoms with van der Waals surface area (Å²) in [7, 11) is 0. The minimum Gasteiger partial charge on any atom is -0.444 e. The highest BCUT2D eigenvalue weighted by Gasteiger charge is 2.49. The summed E-state index contributed by atoms with van der Waals surface area (Å²) in [6.45, 7) is 12.0. The molecule has 2 rings (SSSR count). The molecule has 0 unspecified atom stereocenters. The van der Waals surface area contributed by atoms with Crippen molar-refractivity contribution in [3.63, 3.8) is 0 Å². The molecule has 2 aliphatic heterocycles. The lowest BCUT2D eigenvalue weighted by Gasteiger charge is -2.34. The van der Waals surface area contributed by atoms with Gasteiger partial charge >= 0.3 is 6.09 Å². The third kappa shape index (κ3) is 5.33. The van der Waals surface area contributed by atoms with Crippen LogP contribution < -0.4 is 0 Å². The lowest BCUT2D eigenvalue weighted by atomic mass is 10.0. The van der Waals surface area contributed by atoms with Crippen LogP contribution in [0.15, 0.2) is 5.16 Å². The van der Waals surface area contributed by atoms with E-state index in [0.29, 0.717) is 6.61 Å². The highest BCUT2D eigenvalue weighted by Crippen LogP contribution is 2.33. The quantitative estimate of drug-likeness (QED) is 0.660. The second-order valence-corrected chi connectivity index (χ2v) is 8.49. The molecule has 0 radical (unpaired) electrons. The molecule has 0 aromatic heterocycles. The maximum absolute atomic E-state index is 12.7. The Morgan fingerprint density at radius 1 is 1.32 bits per heavy atom. The number of carbonyl (C=O) groups excluding carboxylic acids is 1. The monoisotopic (exact) mass is 354 g/mol. The first-order valence-corrected chi connectivity index (χ1v) is 9.53. The van der Waals surface area contributed by atoms with Crippen LogP contribution in [0, 0.1) is 0 Å². The lowest BCUT2D eigenvalue weighted by molar-refractivity contribution is -0.0605. The van der Waals surface area contributed by atoms with Crippen molar-refractivity contribution in [1.82, 2.24) is 4.90 Å². The molecule has 6 nitrogen and oxygen atoms in total. The molecule has 0 spiro atoms. The van der Waals surface area contributed by atoms with E-state index in [9.17, 15) is 4.79 Å². The topological polar surface area (TPSA) is 60.4 Å². The molecule has 1 amide bonds. The molecule has 1 saturated heterocycles. The van der Waals surface area contributed by atoms with Gasteiger partial charge in [0.05, 0.1) is 12.3 Å². The van der Waals surface area contributed by atoms with E-state index in [1.54, 1.807) is 4.90 Å². The summed E-state index contributed by atoms with van der Waals surface area (Å²) in [4.78, 5) is 20.0. The third-order valence-electron chi connectivity index (χ3n) is 4.60. The number of oxime groups is 1. The third-order valence-corrected chi connectivity index (χ3v) is 4.60. The van der Waals surface area contributed by atoms with Crippen LogP contribution in [0.4, 0.5) is 4.79 Å². The van der Waals surface area contributed by atoms with Crippen molar-refractivity contribution >= 4 is 11.8 Å². The molecule has 0 aromatic rings. The van der Waals surface area contributed by atoms with Crippen molar-refractivity contribution in [3.05, 3.63) is 0 Å². The van der Waals surface area contributed by atoms with Gasteiger partial charge in [0.25, 0.3) is 0 Å². The van der Waals surface area contributed by atoms with Crippen LogP contribution in [-0.2, 0) is 14.3 Å². The molecule has 0 aromatic carbocycles. The van der Waals surface area contributed by atoms with Gasteiger partial charge in [0.2, 0.25) is 0 Å². The Balaban J connectivity index is 1.97. The van der Waals surface area contributed by atoms with Gasteiger partial charge < -0.3 is 14.3 Å². The molecule has 25 heavy (non-hydrogen) atoms. The maximum atomic E-state index is 12.7. The normalized spacial score (nSPS) is 25.7. The molecule has 1 fully saturated rings. The van der Waals surface area contributed by atoms with Crippen molar-refractivity contribution in [2.24, 2.45) is 5.16 Å². The Morgan fingerprint density at radius 3 is 2.68 bits per heavy atom. The molecule has 144 valence electrons. The molecule has 0 aliphatic carbocycles. The largest absolute Gasteiger partial charge is 0.444 e. The van der Waals surface area contributed by atoms with Crippen molar-refractivity contribution < 1.29 is 19.1 Å². The van der Waals surface area contributed by atoms with Crippen molar-refractivity contribution in [2.45, 2.75) is 104 Å². The van der Waals surface area contributed by atoms with Gasteiger partial charge in [-0.3, -0.25) is 4.90 Å². The highest BCUT2D eigenvalue weighted by molar-refractivity contribution is 5.93. The van der Waals surface area contributed by atoms with E-state index in [0.717, 1.165) is 25.0 Å². The Bertz CT molecular complexity index is 496. The van der Waals surface area contributed by atoms with Crippen LogP contribution in [0.1, 0.15) is 80.1 Å². The second-order valence-electron chi connectivity index (χ2n) is 8.49. The zero-order chi connectivity index (χ0) is 18.7. The van der Waals surface area contributed by atoms with E-state index in [2.05, 4.69) is 12.1 Å². The first-order valence-electron chi connectivity index (χ1n) is 9.53. The number of rotatable bonds is 6. The van der Waals surface area contributed by atoms with Gasteiger partial charge in [-0.1, -0.05) is 31.3 Å². The summed E-state index contributed by atoms with van der Waals surface area (Å²) in [6, 6.07) is -0.217. The van der Waals surface area contributed by atoms with Crippen LogP contribution in [0.25, 0.3) is 0 Å². The Labute approximate surface area is 151 Å². The minimum atomic E-state index is -0.714. The van der Waals surface area contributed by atoms with Gasteiger partial charge in [-0.25, -0.2) is 4.79 Å². The van der Waals surface area contributed by atoms with Crippen LogP contribution in [0.2, 0.25) is 0 Å². The molecule has 2 heterocycles. The first kappa shape index (κ1) is 20.0. The van der Waals surface area contributed by atoms with Gasteiger partial charge in [-0.15, -0.1) is 0 Å². The summed E-state index contributed by atoms with van der Waals surface area (Å²) in [5.74, 6) is 0. The van der Waals surface area contributed by atoms with E-state index in [4.69, 9.17) is 14.3 Å². The number of amides is 1. The van der Waals surface area contributed by atoms with Gasteiger partial charge in [0, 0.05) is 6.42 Å². The number of hydrogen-bond acceptors (Lipinski definition) is 5. The number of carbonyl (C=O) groups is 1. The fourth-order valence-electron chi connectivity index (χ4n) is 3.31. The Hall–Kier alpha value is -1.30. The maximum Gasteiger partial charge on any atom is 0.413 e. The fraction of sp³-hybridized carbons (Fsp3) is 0.895. The molecule has 0 bridgehead atoms. The molecular weight excluding hydrogens is 320 g/mol. The summed E-state index contributed by atoms with van der Waals surface area (Å²) in [5.41, 5.74) is -0.373. The van der Waals surface area contributed by atoms with Gasteiger partial charge in [0.1, 0.15) is 23.5 Å². The zero-order valence-corrected chi connectivity index (χ0v) is 16.6. The molecule has 6 heteroatoms. The van der Waals surface area contributed by atoms with Crippen LogP contribution in [0.3, 0.4) is 0 Å². The van der Waals surface area contributed by atoms with E-state index in [1.807, 2.05) is 34.6 Å². The van der Waals surface area contributed by atoms with E-state index >= 15 is 0 Å². The van der Waals surface area contributed by atoms with Crippen LogP contribution in [-0.4, -0.2) is 46.8 Å². The highest BCUT2D eigenvalue weighted by atomic mass is 16.6. The van der Waals surface area contributed by atoms with E-state index in [-0.39, 0.29) is 18.2 Å². The smallest absolute Gasteiger partial charge is 0.413 e. The number of ether oxygens (including phenoxy) is 2. The summed E-state index contributed by atoms with van der Waals surface area (Å²) in [5, 5.41) is 4.28. The summed E-state index contributed by atoms with van der Waals surface area (Å²) < 4.78 is 11.4. The molecule has 0 N–H and O–H groups in total. The number of hydrogen-bond donors (Lipinski definition) is 0. The van der Waals surface area contributed by atoms with Crippen molar-refractivity contribution in [1.29, 1.82) is 0 Å². The SMILES string of the molecule is CCCCCC[C@H]1CC([C@@H]2COC(C)(C)N2C(=O)OC(C)(C)C)=NO1. The van der Waals surface area contributed by atoms with Gasteiger partial charge in [-0.2, -0.15) is 0 Å². The van der Waals surface area contributed by atoms with Crippen molar-refractivity contribution in [2.75, 3.05) is 6.61 Å². The van der Waals surface area contributed by atoms with E-state index < -0.39 is 11.3 Å². The standard InChI is InChI=1S/C19H34N2O4/c1-7-8-9-10-11-14-12-15(20-25-14)16-13-23-19(5,6)21(16)17(22)24-18(2,3)4/h14,16H,7-13H2,1-6H3/t14-,16-/m0/s1. The Morgan fingerprint density at radius 2 is 2.04 bits per heavy atom. The van der Waals surface area contributed by atoms with E-state index in [1.165, 1.54) is 19.3 Å². The summed E-state index contributed by atoms with van der Waals surface area (Å²) >= 11 is 0. The Kier molecular flexibility index (Phi) is 6.35. The zero-order valence-electron chi connectivity index (χ0n) is 16.6. The second kappa shape index (κ2) is 7.94. The average molecular weight is 354 g/mol. The first-order chi connectivity index (χ1) is 11.6. The average Bonchev–Trinajstić information content (AvgIpc) is 3.05. The molecular formula is C19H34N2O4. The lowest BCUT2D eigenvalue weighted by Crippen LogP contribution is -2.52. The number of nitrogens with zero attached hydrogens (tertiary/aromatic N) is 2. The molecule has 2 aliphatic rings.